The molecule has 1 spiro atoms. The Labute approximate surface area is 201 Å². The van der Waals surface area contributed by atoms with Crippen LogP contribution in [0.15, 0.2) is 0 Å². The van der Waals surface area contributed by atoms with Gasteiger partial charge >= 0.3 is 5.97 Å². The van der Waals surface area contributed by atoms with Crippen LogP contribution in [0.25, 0.3) is 0 Å². The van der Waals surface area contributed by atoms with E-state index in [1.54, 1.807) is 0 Å². The van der Waals surface area contributed by atoms with Crippen LogP contribution in [-0.4, -0.2) is 75.4 Å². The number of hydrogen-bond acceptors (Lipinski definition) is 7. The van der Waals surface area contributed by atoms with E-state index < -0.39 is 48.7 Å². The van der Waals surface area contributed by atoms with Gasteiger partial charge in [0.1, 0.15) is 24.4 Å². The quantitative estimate of drug-likeness (QED) is 0.401. The van der Waals surface area contributed by atoms with Gasteiger partial charge in [0, 0.05) is 0 Å². The molecular weight excluding hydrogens is 440 g/mol. The molecule has 2 bridgehead atoms. The molecule has 12 atom stereocenters. The molecular formula is C26H42O8. The fourth-order valence-electron chi connectivity index (χ4n) is 9.46. The van der Waals surface area contributed by atoms with Crippen molar-refractivity contribution in [1.29, 1.82) is 0 Å². The minimum Gasteiger partial charge on any atom is -0.481 e. The zero-order chi connectivity index (χ0) is 24.5. The smallest absolute Gasteiger partial charge is 0.309 e. The van der Waals surface area contributed by atoms with Crippen molar-refractivity contribution in [2.45, 2.75) is 102 Å². The first-order valence-corrected chi connectivity index (χ1v) is 13.2. The van der Waals surface area contributed by atoms with E-state index in [0.29, 0.717) is 24.4 Å². The summed E-state index contributed by atoms with van der Waals surface area (Å²) in [6, 6.07) is 0. The fraction of sp³-hybridized carbons (Fsp3) is 0.962. The Morgan fingerprint density at radius 2 is 1.74 bits per heavy atom. The van der Waals surface area contributed by atoms with Crippen molar-refractivity contribution in [3.63, 3.8) is 0 Å². The number of ether oxygens (including phenoxy) is 2. The van der Waals surface area contributed by atoms with Crippen LogP contribution in [0.2, 0.25) is 0 Å². The van der Waals surface area contributed by atoms with Gasteiger partial charge in [0.05, 0.1) is 18.6 Å². The Hall–Kier alpha value is -0.770. The third kappa shape index (κ3) is 3.58. The molecule has 1 heterocycles. The minimum absolute atomic E-state index is 0.0572. The highest BCUT2D eigenvalue weighted by atomic mass is 16.7. The number of carbonyl (C=O) groups is 1. The van der Waals surface area contributed by atoms with Gasteiger partial charge in [-0.25, -0.2) is 0 Å². The van der Waals surface area contributed by atoms with Gasteiger partial charge in [-0.15, -0.1) is 0 Å². The molecule has 34 heavy (non-hydrogen) atoms. The van der Waals surface area contributed by atoms with Gasteiger partial charge in [-0.3, -0.25) is 4.79 Å². The van der Waals surface area contributed by atoms with Crippen LogP contribution in [0, 0.1) is 39.9 Å². The maximum atomic E-state index is 12.3. The lowest BCUT2D eigenvalue weighted by Gasteiger charge is -2.63. The Morgan fingerprint density at radius 3 is 2.44 bits per heavy atom. The summed E-state index contributed by atoms with van der Waals surface area (Å²) in [5.74, 6) is 0.988. The second-order valence-electron chi connectivity index (χ2n) is 12.6. The Kier molecular flexibility index (Phi) is 6.35. The molecule has 5 N–H and O–H groups in total. The molecule has 0 aromatic carbocycles. The highest BCUT2D eigenvalue weighted by Gasteiger charge is 2.65. The lowest BCUT2D eigenvalue weighted by molar-refractivity contribution is -0.303. The number of fused-ring (bicyclic) bond motifs is 3. The van der Waals surface area contributed by atoms with E-state index in [9.17, 15) is 30.3 Å². The lowest BCUT2D eigenvalue weighted by Crippen LogP contribution is -2.59. The molecule has 194 valence electrons. The summed E-state index contributed by atoms with van der Waals surface area (Å²) in [4.78, 5) is 12.3. The molecule has 5 aliphatic rings. The average molecular weight is 483 g/mol. The molecule has 1 aliphatic heterocycles. The summed E-state index contributed by atoms with van der Waals surface area (Å²) < 4.78 is 11.5. The van der Waals surface area contributed by atoms with Gasteiger partial charge in [-0.05, 0) is 92.8 Å². The van der Waals surface area contributed by atoms with Crippen LogP contribution < -0.4 is 0 Å². The molecule has 0 radical (unpaired) electrons. The second kappa shape index (κ2) is 8.67. The van der Waals surface area contributed by atoms with Gasteiger partial charge in [0.25, 0.3) is 0 Å². The first-order chi connectivity index (χ1) is 16.1. The fourth-order valence-corrected chi connectivity index (χ4v) is 9.46. The molecule has 5 rings (SSSR count). The zero-order valence-electron chi connectivity index (χ0n) is 20.4. The predicted octanol–water partition coefficient (Wildman–Crippen LogP) is 1.92. The first-order valence-electron chi connectivity index (χ1n) is 13.2. The van der Waals surface area contributed by atoms with Crippen LogP contribution in [0.1, 0.15) is 71.6 Å². The molecule has 4 aliphatic carbocycles. The number of carboxylic acid groups (broad SMARTS) is 1. The summed E-state index contributed by atoms with van der Waals surface area (Å²) in [6.07, 6.45) is 3.18. The lowest BCUT2D eigenvalue weighted by atomic mass is 9.41. The normalized spacial score (nSPS) is 54.8. The van der Waals surface area contributed by atoms with Crippen LogP contribution in [0.3, 0.4) is 0 Å². The Bertz CT molecular complexity index is 789. The van der Waals surface area contributed by atoms with Crippen molar-refractivity contribution < 1.29 is 39.8 Å². The molecule has 12 unspecified atom stereocenters. The molecule has 5 fully saturated rings. The summed E-state index contributed by atoms with van der Waals surface area (Å²) in [5.41, 5.74) is -0.342. The molecule has 1 saturated heterocycles. The zero-order valence-corrected chi connectivity index (χ0v) is 20.4. The van der Waals surface area contributed by atoms with Gasteiger partial charge in [-0.2, -0.15) is 0 Å². The van der Waals surface area contributed by atoms with E-state index >= 15 is 0 Å². The monoisotopic (exact) mass is 482 g/mol. The van der Waals surface area contributed by atoms with Crippen LogP contribution >= 0.6 is 0 Å². The van der Waals surface area contributed by atoms with E-state index in [2.05, 4.69) is 6.92 Å². The van der Waals surface area contributed by atoms with Gasteiger partial charge in [0.15, 0.2) is 6.29 Å². The molecule has 0 aromatic rings. The van der Waals surface area contributed by atoms with Crippen LogP contribution in [0.4, 0.5) is 0 Å². The SMILES string of the molecule is CC1(C(=O)O)CCCC2(C)C3CCC4CC3(CCC12)CC4COC1OC(CO)C(O)C(O)C1O. The molecule has 0 amide bonds. The first kappa shape index (κ1) is 24.9. The van der Waals surface area contributed by atoms with Crippen molar-refractivity contribution in [3.8, 4) is 0 Å². The highest BCUT2D eigenvalue weighted by molar-refractivity contribution is 5.75. The van der Waals surface area contributed by atoms with E-state index in [4.69, 9.17) is 9.47 Å². The number of aliphatic hydroxyl groups is 4. The van der Waals surface area contributed by atoms with Gasteiger partial charge in [0.2, 0.25) is 0 Å². The summed E-state index contributed by atoms with van der Waals surface area (Å²) in [7, 11) is 0. The Balaban J connectivity index is 1.29. The van der Waals surface area contributed by atoms with Gasteiger partial charge < -0.3 is 35.0 Å². The third-order valence-electron chi connectivity index (χ3n) is 11.1. The van der Waals surface area contributed by atoms with Crippen molar-refractivity contribution >= 4 is 5.97 Å². The average Bonchev–Trinajstić information content (AvgIpc) is 3.06. The predicted molar refractivity (Wildman–Crippen MR) is 122 cm³/mol. The van der Waals surface area contributed by atoms with Crippen LogP contribution in [-0.2, 0) is 14.3 Å². The van der Waals surface area contributed by atoms with Crippen LogP contribution in [0.5, 0.6) is 0 Å². The maximum absolute atomic E-state index is 12.3. The summed E-state index contributed by atoms with van der Waals surface area (Å²) in [5, 5.41) is 50.0. The van der Waals surface area contributed by atoms with E-state index in [0.717, 1.165) is 57.8 Å². The second-order valence-corrected chi connectivity index (χ2v) is 12.6. The van der Waals surface area contributed by atoms with Crippen molar-refractivity contribution in [2.75, 3.05) is 13.2 Å². The Morgan fingerprint density at radius 1 is 0.971 bits per heavy atom. The molecule has 4 saturated carbocycles. The third-order valence-corrected chi connectivity index (χ3v) is 11.1. The number of rotatable bonds is 5. The molecule has 8 nitrogen and oxygen atoms in total. The van der Waals surface area contributed by atoms with Crippen molar-refractivity contribution in [1.82, 2.24) is 0 Å². The molecule has 0 aromatic heterocycles. The number of aliphatic carboxylic acids is 1. The largest absolute Gasteiger partial charge is 0.481 e. The van der Waals surface area contributed by atoms with E-state index in [1.165, 1.54) is 0 Å². The maximum Gasteiger partial charge on any atom is 0.309 e. The highest BCUT2D eigenvalue weighted by Crippen LogP contribution is 2.72. The van der Waals surface area contributed by atoms with E-state index in [-0.39, 0.29) is 16.7 Å². The number of aliphatic hydroxyl groups excluding tert-OH is 4. The topological polar surface area (TPSA) is 137 Å². The number of hydrogen-bond donors (Lipinski definition) is 5. The number of carboxylic acids is 1. The van der Waals surface area contributed by atoms with Gasteiger partial charge in [-0.1, -0.05) is 13.3 Å². The van der Waals surface area contributed by atoms with E-state index in [1.807, 2.05) is 6.92 Å². The van der Waals surface area contributed by atoms with Crippen molar-refractivity contribution in [2.24, 2.45) is 39.9 Å². The molecule has 8 heteroatoms. The summed E-state index contributed by atoms with van der Waals surface area (Å²) in [6.45, 7) is 4.31. The van der Waals surface area contributed by atoms with Crippen molar-refractivity contribution in [3.05, 3.63) is 0 Å². The minimum atomic E-state index is -1.42. The summed E-state index contributed by atoms with van der Waals surface area (Å²) >= 11 is 0. The standard InChI is InChI=1S/C26H42O8/c1-24-7-3-8-25(2,23(31)32)17(24)6-9-26-10-14(4-5-18(24)26)15(11-26)13-33-22-21(30)20(29)19(28)16(12-27)34-22/h14-22,27-30H,3-13H2,1-2H3,(H,31,32).